The molecule has 0 atom stereocenters. The normalized spacial score (nSPS) is 10.4. The van der Waals surface area contributed by atoms with E-state index in [0.717, 1.165) is 21.3 Å². The predicted molar refractivity (Wildman–Crippen MR) is 79.0 cm³/mol. The average molecular weight is 331 g/mol. The molecule has 2 heterocycles. The summed E-state index contributed by atoms with van der Waals surface area (Å²) in [6, 6.07) is 9.87. The molecule has 1 N–H and O–H groups in total. The Kier molecular flexibility index (Phi) is 3.73. The highest BCUT2D eigenvalue weighted by molar-refractivity contribution is 9.10. The second-order valence-electron chi connectivity index (χ2n) is 4.19. The second-order valence-corrected chi connectivity index (χ2v) is 5.10. The van der Waals surface area contributed by atoms with Crippen molar-refractivity contribution in [1.29, 1.82) is 0 Å². The number of hydrogen-bond acceptors (Lipinski definition) is 5. The van der Waals surface area contributed by atoms with Gasteiger partial charge in [-0.2, -0.15) is 0 Å². The van der Waals surface area contributed by atoms with Crippen molar-refractivity contribution in [3.05, 3.63) is 59.2 Å². The number of pyridine rings is 1. The maximum atomic E-state index is 5.15. The molecule has 0 aliphatic rings. The van der Waals surface area contributed by atoms with Gasteiger partial charge in [-0.3, -0.25) is 4.98 Å². The molecular weight excluding hydrogens is 320 g/mol. The van der Waals surface area contributed by atoms with Gasteiger partial charge in [0.1, 0.15) is 0 Å². The summed E-state index contributed by atoms with van der Waals surface area (Å²) in [7, 11) is 0. The highest BCUT2D eigenvalue weighted by Crippen LogP contribution is 2.19. The van der Waals surface area contributed by atoms with Gasteiger partial charge in [0, 0.05) is 34.7 Å². The monoisotopic (exact) mass is 330 g/mol. The first-order valence-electron chi connectivity index (χ1n) is 6.01. The third kappa shape index (κ3) is 3.03. The molecule has 0 fully saturated rings. The molecular formula is C14H11BrN4O. The van der Waals surface area contributed by atoms with E-state index in [2.05, 4.69) is 36.4 Å². The number of hydrogen-bond donors (Lipinski definition) is 1. The van der Waals surface area contributed by atoms with Gasteiger partial charge in [0.05, 0.1) is 0 Å². The Hall–Kier alpha value is -2.21. The molecule has 1 aromatic carbocycles. The number of halogens is 1. The van der Waals surface area contributed by atoms with Crippen LogP contribution in [0.5, 0.6) is 0 Å². The third-order valence-corrected chi connectivity index (χ3v) is 3.18. The van der Waals surface area contributed by atoms with Gasteiger partial charge in [0.25, 0.3) is 0 Å². The largest absolute Gasteiger partial charge is 0.423 e. The Balaban J connectivity index is 1.67. The molecule has 100 valence electrons. The predicted octanol–water partition coefficient (Wildman–Crippen LogP) is 3.51. The van der Waals surface area contributed by atoms with Crippen molar-refractivity contribution < 1.29 is 4.42 Å². The number of rotatable bonds is 4. The van der Waals surface area contributed by atoms with Crippen molar-refractivity contribution in [2.75, 3.05) is 5.32 Å². The topological polar surface area (TPSA) is 63.8 Å². The molecule has 3 aromatic rings. The number of benzene rings is 1. The molecule has 3 rings (SSSR count). The van der Waals surface area contributed by atoms with Gasteiger partial charge >= 0.3 is 0 Å². The maximum absolute atomic E-state index is 5.15. The number of nitrogens with one attached hydrogen (secondary N) is 1. The van der Waals surface area contributed by atoms with Gasteiger partial charge in [0.2, 0.25) is 12.3 Å². The summed E-state index contributed by atoms with van der Waals surface area (Å²) in [5.74, 6) is 0.521. The lowest BCUT2D eigenvalue weighted by Gasteiger charge is -2.06. The minimum Gasteiger partial charge on any atom is -0.423 e. The zero-order chi connectivity index (χ0) is 13.8. The van der Waals surface area contributed by atoms with Crippen LogP contribution in [0.4, 0.5) is 5.69 Å². The van der Waals surface area contributed by atoms with E-state index in [9.17, 15) is 0 Å². The van der Waals surface area contributed by atoms with Gasteiger partial charge in [-0.15, -0.1) is 10.2 Å². The maximum Gasteiger partial charge on any atom is 0.247 e. The summed E-state index contributed by atoms with van der Waals surface area (Å²) >= 11 is 3.41. The number of aromatic nitrogens is 3. The van der Waals surface area contributed by atoms with E-state index < -0.39 is 0 Å². The molecule has 20 heavy (non-hydrogen) atoms. The van der Waals surface area contributed by atoms with Crippen molar-refractivity contribution in [3.63, 3.8) is 0 Å². The van der Waals surface area contributed by atoms with Crippen molar-refractivity contribution in [1.82, 2.24) is 15.2 Å². The van der Waals surface area contributed by atoms with Crippen LogP contribution in [0.1, 0.15) is 5.56 Å². The van der Waals surface area contributed by atoms with E-state index in [1.807, 2.05) is 36.5 Å². The quantitative estimate of drug-likeness (QED) is 0.793. The molecule has 0 saturated heterocycles. The van der Waals surface area contributed by atoms with Crippen molar-refractivity contribution >= 4 is 21.6 Å². The SMILES string of the molecule is Brc1cncc(CNc2ccc(-c3nnco3)cc2)c1. The molecule has 5 nitrogen and oxygen atoms in total. The van der Waals surface area contributed by atoms with Crippen LogP contribution in [0.25, 0.3) is 11.5 Å². The Labute approximate surface area is 124 Å². The summed E-state index contributed by atoms with van der Waals surface area (Å²) in [6.07, 6.45) is 4.93. The summed E-state index contributed by atoms with van der Waals surface area (Å²) in [5, 5.41) is 10.9. The fraction of sp³-hybridized carbons (Fsp3) is 0.0714. The summed E-state index contributed by atoms with van der Waals surface area (Å²) < 4.78 is 6.12. The first-order chi connectivity index (χ1) is 9.81. The summed E-state index contributed by atoms with van der Waals surface area (Å²) in [4.78, 5) is 4.13. The van der Waals surface area contributed by atoms with E-state index >= 15 is 0 Å². The van der Waals surface area contributed by atoms with Crippen LogP contribution in [-0.4, -0.2) is 15.2 Å². The molecule has 0 saturated carbocycles. The van der Waals surface area contributed by atoms with Crippen LogP contribution in [0.15, 0.2) is 58.0 Å². The zero-order valence-electron chi connectivity index (χ0n) is 10.5. The lowest BCUT2D eigenvalue weighted by atomic mass is 10.2. The molecule has 0 bridgehead atoms. The third-order valence-electron chi connectivity index (χ3n) is 2.75. The van der Waals surface area contributed by atoms with Crippen LogP contribution in [0, 0.1) is 0 Å². The van der Waals surface area contributed by atoms with Gasteiger partial charge in [0.15, 0.2) is 0 Å². The lowest BCUT2D eigenvalue weighted by molar-refractivity contribution is 0.568. The van der Waals surface area contributed by atoms with Crippen LogP contribution in [0.2, 0.25) is 0 Å². The van der Waals surface area contributed by atoms with Crippen LogP contribution in [-0.2, 0) is 6.54 Å². The fourth-order valence-corrected chi connectivity index (χ4v) is 2.20. The van der Waals surface area contributed by atoms with Gasteiger partial charge in [-0.1, -0.05) is 0 Å². The van der Waals surface area contributed by atoms with E-state index in [-0.39, 0.29) is 0 Å². The molecule has 0 unspecified atom stereocenters. The van der Waals surface area contributed by atoms with Crippen LogP contribution in [0.3, 0.4) is 0 Å². The number of anilines is 1. The second kappa shape index (κ2) is 5.83. The van der Waals surface area contributed by atoms with Crippen molar-refractivity contribution in [2.45, 2.75) is 6.54 Å². The summed E-state index contributed by atoms with van der Waals surface area (Å²) in [5.41, 5.74) is 3.03. The fourth-order valence-electron chi connectivity index (χ4n) is 1.79. The molecule has 0 radical (unpaired) electrons. The van der Waals surface area contributed by atoms with Crippen LogP contribution < -0.4 is 5.32 Å². The minimum atomic E-state index is 0.521. The van der Waals surface area contributed by atoms with Gasteiger partial charge in [-0.25, -0.2) is 0 Å². The first-order valence-corrected chi connectivity index (χ1v) is 6.80. The standard InChI is InChI=1S/C14H11BrN4O/c15-12-5-10(6-16-8-12)7-17-13-3-1-11(2-4-13)14-19-18-9-20-14/h1-6,8-9,17H,7H2. The van der Waals surface area contributed by atoms with Crippen molar-refractivity contribution in [3.8, 4) is 11.5 Å². The van der Waals surface area contributed by atoms with Crippen molar-refractivity contribution in [2.24, 2.45) is 0 Å². The Morgan fingerprint density at radius 3 is 2.70 bits per heavy atom. The van der Waals surface area contributed by atoms with Gasteiger partial charge in [-0.05, 0) is 51.8 Å². The Bertz CT molecular complexity index is 683. The Morgan fingerprint density at radius 1 is 1.15 bits per heavy atom. The van der Waals surface area contributed by atoms with Gasteiger partial charge < -0.3 is 9.73 Å². The lowest BCUT2D eigenvalue weighted by Crippen LogP contribution is -1.99. The molecule has 2 aromatic heterocycles. The highest BCUT2D eigenvalue weighted by atomic mass is 79.9. The molecule has 0 amide bonds. The smallest absolute Gasteiger partial charge is 0.247 e. The zero-order valence-corrected chi connectivity index (χ0v) is 12.0. The number of nitrogens with zero attached hydrogens (tertiary/aromatic N) is 3. The molecule has 0 aliphatic heterocycles. The van der Waals surface area contributed by atoms with E-state index in [1.54, 1.807) is 6.20 Å². The summed E-state index contributed by atoms with van der Waals surface area (Å²) in [6.45, 7) is 0.715. The highest BCUT2D eigenvalue weighted by Gasteiger charge is 2.03. The average Bonchev–Trinajstić information content (AvgIpc) is 3.00. The molecule has 0 spiro atoms. The minimum absolute atomic E-state index is 0.521. The first kappa shape index (κ1) is 12.8. The molecule has 0 aliphatic carbocycles. The molecule has 6 heteroatoms. The Morgan fingerprint density at radius 2 is 2.00 bits per heavy atom. The van der Waals surface area contributed by atoms with Crippen LogP contribution >= 0.6 is 15.9 Å². The van der Waals surface area contributed by atoms with E-state index in [0.29, 0.717) is 12.4 Å². The van der Waals surface area contributed by atoms with E-state index in [1.165, 1.54) is 6.39 Å². The van der Waals surface area contributed by atoms with E-state index in [4.69, 9.17) is 4.42 Å².